The predicted octanol–water partition coefficient (Wildman–Crippen LogP) is 6.45. The van der Waals surface area contributed by atoms with Gasteiger partial charge in [0, 0.05) is 36.3 Å². The summed E-state index contributed by atoms with van der Waals surface area (Å²) in [7, 11) is 3.62. The standard InChI is InChI=1S/C32H24F6N4O4S2/c1-40(2)19-12-10-16(11-13-19)23-24-25(28(45)42(27(24)44)21-9-4-3-8-20(21)32(36,37)38)47-29-26(23)48-30(46)41(29)15-22(43)39-18-7-5-6-17(14-18)31(33,34)35/h3-14,23-25H,15H2,1-2H3,(H,39,43). The summed E-state index contributed by atoms with van der Waals surface area (Å²) in [6, 6.07) is 15.1. The number of imide groups is 1. The molecule has 3 aromatic carbocycles. The highest BCUT2D eigenvalue weighted by molar-refractivity contribution is 8.00. The number of carbonyl (C=O) groups excluding carboxylic acids is 3. The van der Waals surface area contributed by atoms with Gasteiger partial charge >= 0.3 is 17.2 Å². The smallest absolute Gasteiger partial charge is 0.378 e. The third-order valence-corrected chi connectivity index (χ3v) is 10.6. The molecule has 6 rings (SSSR count). The summed E-state index contributed by atoms with van der Waals surface area (Å²) in [5.74, 6) is -4.73. The van der Waals surface area contributed by atoms with E-state index in [0.717, 1.165) is 69.8 Å². The van der Waals surface area contributed by atoms with Crippen LogP contribution in [0.2, 0.25) is 0 Å². The molecule has 16 heteroatoms. The van der Waals surface area contributed by atoms with Crippen LogP contribution in [0.1, 0.15) is 27.5 Å². The summed E-state index contributed by atoms with van der Waals surface area (Å²) in [6.07, 6.45) is -9.53. The van der Waals surface area contributed by atoms with E-state index in [4.69, 9.17) is 0 Å². The molecule has 1 N–H and O–H groups in total. The van der Waals surface area contributed by atoms with Gasteiger partial charge in [-0.05, 0) is 48.0 Å². The Balaban J connectivity index is 1.41. The quantitative estimate of drug-likeness (QED) is 0.183. The van der Waals surface area contributed by atoms with E-state index >= 15 is 0 Å². The number of rotatable bonds is 6. The molecule has 250 valence electrons. The third kappa shape index (κ3) is 5.98. The number of hydrogen-bond donors (Lipinski definition) is 1. The average Bonchev–Trinajstić information content (AvgIpc) is 3.46. The largest absolute Gasteiger partial charge is 0.418 e. The minimum absolute atomic E-state index is 0.158. The van der Waals surface area contributed by atoms with Crippen LogP contribution in [0.25, 0.3) is 0 Å². The Hall–Kier alpha value is -4.57. The maximum absolute atomic E-state index is 14.1. The summed E-state index contributed by atoms with van der Waals surface area (Å²) >= 11 is 1.53. The van der Waals surface area contributed by atoms with Gasteiger partial charge < -0.3 is 10.2 Å². The molecule has 2 aliphatic heterocycles. The normalized spacial score (nSPS) is 19.2. The van der Waals surface area contributed by atoms with Gasteiger partial charge in [0.25, 0.3) is 0 Å². The fraction of sp³-hybridized carbons (Fsp3) is 0.250. The van der Waals surface area contributed by atoms with Crippen LogP contribution in [0, 0.1) is 5.92 Å². The van der Waals surface area contributed by atoms with E-state index in [2.05, 4.69) is 5.32 Å². The zero-order chi connectivity index (χ0) is 34.7. The minimum atomic E-state index is -4.87. The van der Waals surface area contributed by atoms with Crippen LogP contribution in [0.4, 0.5) is 43.4 Å². The van der Waals surface area contributed by atoms with Crippen molar-refractivity contribution >= 4 is 57.9 Å². The lowest BCUT2D eigenvalue weighted by Gasteiger charge is -2.31. The van der Waals surface area contributed by atoms with Gasteiger partial charge in [-0.25, -0.2) is 4.90 Å². The van der Waals surface area contributed by atoms with Crippen LogP contribution in [0.15, 0.2) is 82.6 Å². The first-order valence-electron chi connectivity index (χ1n) is 14.2. The number of nitrogens with one attached hydrogen (secondary N) is 1. The topological polar surface area (TPSA) is 91.7 Å². The molecular weight excluding hydrogens is 682 g/mol. The van der Waals surface area contributed by atoms with Crippen molar-refractivity contribution < 1.29 is 40.7 Å². The van der Waals surface area contributed by atoms with E-state index < -0.39 is 75.4 Å². The highest BCUT2D eigenvalue weighted by Crippen LogP contribution is 2.54. The average molecular weight is 707 g/mol. The first kappa shape index (κ1) is 33.3. The number of nitrogens with zero attached hydrogens (tertiary/aromatic N) is 3. The van der Waals surface area contributed by atoms with Crippen LogP contribution < -0.4 is 20.0 Å². The number of fused-ring (bicyclic) bond motifs is 2. The lowest BCUT2D eigenvalue weighted by atomic mass is 9.83. The van der Waals surface area contributed by atoms with E-state index in [1.54, 1.807) is 24.3 Å². The number of carbonyl (C=O) groups is 3. The number of halogens is 6. The van der Waals surface area contributed by atoms with E-state index in [0.29, 0.717) is 15.3 Å². The summed E-state index contributed by atoms with van der Waals surface area (Å²) in [4.78, 5) is 56.5. The Morgan fingerprint density at radius 1 is 0.875 bits per heavy atom. The van der Waals surface area contributed by atoms with Crippen LogP contribution in [0.3, 0.4) is 0 Å². The van der Waals surface area contributed by atoms with Crippen molar-refractivity contribution in [2.75, 3.05) is 29.2 Å². The maximum Gasteiger partial charge on any atom is 0.418 e. The van der Waals surface area contributed by atoms with Gasteiger partial charge in [0.1, 0.15) is 11.8 Å². The highest BCUT2D eigenvalue weighted by Gasteiger charge is 2.57. The molecule has 0 bridgehead atoms. The van der Waals surface area contributed by atoms with E-state index in [1.165, 1.54) is 12.1 Å². The van der Waals surface area contributed by atoms with Crippen molar-refractivity contribution in [2.24, 2.45) is 5.92 Å². The van der Waals surface area contributed by atoms with Gasteiger partial charge in [-0.3, -0.25) is 23.7 Å². The second kappa shape index (κ2) is 12.1. The Kier molecular flexibility index (Phi) is 8.44. The highest BCUT2D eigenvalue weighted by atomic mass is 32.2. The molecule has 1 fully saturated rings. The van der Waals surface area contributed by atoms with Crippen LogP contribution in [-0.4, -0.2) is 41.6 Å². The van der Waals surface area contributed by atoms with E-state index in [-0.39, 0.29) is 10.7 Å². The van der Waals surface area contributed by atoms with Crippen molar-refractivity contribution in [3.05, 3.63) is 104 Å². The van der Waals surface area contributed by atoms with Gasteiger partial charge in [-0.1, -0.05) is 53.4 Å². The van der Waals surface area contributed by atoms with Crippen molar-refractivity contribution in [3.63, 3.8) is 0 Å². The van der Waals surface area contributed by atoms with Crippen LogP contribution in [-0.2, 0) is 33.3 Å². The molecule has 0 spiro atoms. The number of aromatic nitrogens is 1. The Morgan fingerprint density at radius 3 is 2.21 bits per heavy atom. The number of amides is 3. The molecule has 4 aromatic rings. The fourth-order valence-electron chi connectivity index (χ4n) is 5.86. The van der Waals surface area contributed by atoms with Gasteiger partial charge in [0.2, 0.25) is 17.7 Å². The summed E-state index contributed by atoms with van der Waals surface area (Å²) < 4.78 is 82.7. The number of para-hydroxylation sites is 1. The van der Waals surface area contributed by atoms with Gasteiger partial charge in [0.15, 0.2) is 0 Å². The van der Waals surface area contributed by atoms with Gasteiger partial charge in [-0.2, -0.15) is 26.3 Å². The molecule has 3 amide bonds. The molecule has 2 aliphatic rings. The van der Waals surface area contributed by atoms with Crippen molar-refractivity contribution in [1.29, 1.82) is 0 Å². The number of thioether (sulfide) groups is 1. The molecular formula is C32H24F6N4O4S2. The molecule has 3 unspecified atom stereocenters. The van der Waals surface area contributed by atoms with Crippen molar-refractivity contribution in [2.45, 2.75) is 35.1 Å². The van der Waals surface area contributed by atoms with Gasteiger partial charge in [0.05, 0.1) is 27.8 Å². The number of alkyl halides is 6. The maximum atomic E-state index is 14.1. The lowest BCUT2D eigenvalue weighted by Crippen LogP contribution is -2.33. The summed E-state index contributed by atoms with van der Waals surface area (Å²) in [6.45, 7) is -0.639. The third-order valence-electron chi connectivity index (χ3n) is 8.04. The second-order valence-corrected chi connectivity index (χ2v) is 13.4. The fourth-order valence-corrected chi connectivity index (χ4v) is 8.63. The number of hydrogen-bond acceptors (Lipinski definition) is 7. The van der Waals surface area contributed by atoms with Crippen LogP contribution in [0.5, 0.6) is 0 Å². The molecule has 1 saturated heterocycles. The van der Waals surface area contributed by atoms with Gasteiger partial charge in [-0.15, -0.1) is 0 Å². The zero-order valence-electron chi connectivity index (χ0n) is 24.9. The number of anilines is 3. The van der Waals surface area contributed by atoms with E-state index in [1.807, 2.05) is 19.0 Å². The Bertz CT molecular complexity index is 1990. The number of thiazole rings is 1. The Morgan fingerprint density at radius 2 is 1.56 bits per heavy atom. The molecule has 0 aliphatic carbocycles. The molecule has 3 atom stereocenters. The van der Waals surface area contributed by atoms with Crippen molar-refractivity contribution in [3.8, 4) is 0 Å². The molecule has 1 aromatic heterocycles. The molecule has 48 heavy (non-hydrogen) atoms. The Labute approximate surface area is 277 Å². The van der Waals surface area contributed by atoms with Crippen molar-refractivity contribution in [1.82, 2.24) is 4.57 Å². The molecule has 0 saturated carbocycles. The zero-order valence-corrected chi connectivity index (χ0v) is 26.6. The minimum Gasteiger partial charge on any atom is -0.378 e. The van der Waals surface area contributed by atoms with Crippen LogP contribution >= 0.6 is 23.1 Å². The second-order valence-electron chi connectivity index (χ2n) is 11.3. The SMILES string of the molecule is CN(C)c1ccc(C2c3sc(=O)n(CC(=O)Nc4cccc(C(F)(F)F)c4)c3SC3C(=O)N(c4ccccc4C(F)(F)F)C(=O)C32)cc1. The monoisotopic (exact) mass is 706 g/mol. The summed E-state index contributed by atoms with van der Waals surface area (Å²) in [5, 5.41) is 1.27. The summed E-state index contributed by atoms with van der Waals surface area (Å²) in [5.41, 5.74) is -1.61. The number of benzene rings is 3. The first-order valence-corrected chi connectivity index (χ1v) is 15.9. The first-order chi connectivity index (χ1) is 22.6. The van der Waals surface area contributed by atoms with E-state index in [9.17, 15) is 45.5 Å². The lowest BCUT2D eigenvalue weighted by molar-refractivity contribution is -0.138. The predicted molar refractivity (Wildman–Crippen MR) is 168 cm³/mol. The molecule has 0 radical (unpaired) electrons. The molecule has 3 heterocycles. The molecule has 8 nitrogen and oxygen atoms in total.